The highest BCUT2D eigenvalue weighted by Gasteiger charge is 2.22. The molecule has 0 unspecified atom stereocenters. The minimum absolute atomic E-state index is 0.0345. The standard InChI is InChI=1S/C16H24N2O/c1-11-8-14(16(3,4)5)15(19)12(2)13(11)9-18-7-6-17-10-18/h8,10,19H,6-7,9H2,1-5H3. The largest absolute Gasteiger partial charge is 0.507 e. The Morgan fingerprint density at radius 2 is 2.00 bits per heavy atom. The third-order valence-electron chi connectivity index (χ3n) is 3.83. The summed E-state index contributed by atoms with van der Waals surface area (Å²) in [5.41, 5.74) is 4.47. The second kappa shape index (κ2) is 4.87. The number of nitrogens with zero attached hydrogens (tertiary/aromatic N) is 2. The number of rotatable bonds is 2. The van der Waals surface area contributed by atoms with Gasteiger partial charge in [0.15, 0.2) is 0 Å². The molecule has 19 heavy (non-hydrogen) atoms. The molecular weight excluding hydrogens is 236 g/mol. The molecule has 3 heteroatoms. The van der Waals surface area contributed by atoms with E-state index in [9.17, 15) is 5.11 Å². The molecule has 0 spiro atoms. The summed E-state index contributed by atoms with van der Waals surface area (Å²) >= 11 is 0. The maximum atomic E-state index is 10.5. The smallest absolute Gasteiger partial charge is 0.122 e. The van der Waals surface area contributed by atoms with E-state index in [0.717, 1.165) is 30.8 Å². The molecule has 1 heterocycles. The number of hydrogen-bond donors (Lipinski definition) is 1. The van der Waals surface area contributed by atoms with Crippen LogP contribution in [-0.2, 0) is 12.0 Å². The Morgan fingerprint density at radius 1 is 1.32 bits per heavy atom. The maximum absolute atomic E-state index is 10.5. The van der Waals surface area contributed by atoms with E-state index in [1.54, 1.807) is 0 Å². The van der Waals surface area contributed by atoms with Crippen molar-refractivity contribution in [2.45, 2.75) is 46.6 Å². The highest BCUT2D eigenvalue weighted by molar-refractivity contribution is 5.58. The summed E-state index contributed by atoms with van der Waals surface area (Å²) in [4.78, 5) is 6.44. The van der Waals surface area contributed by atoms with Crippen molar-refractivity contribution in [3.05, 3.63) is 28.3 Å². The van der Waals surface area contributed by atoms with Gasteiger partial charge >= 0.3 is 0 Å². The van der Waals surface area contributed by atoms with Crippen LogP contribution in [0.15, 0.2) is 11.1 Å². The van der Waals surface area contributed by atoms with Gasteiger partial charge in [0, 0.05) is 13.1 Å². The van der Waals surface area contributed by atoms with Crippen molar-refractivity contribution in [2.75, 3.05) is 13.1 Å². The van der Waals surface area contributed by atoms with Crippen LogP contribution in [-0.4, -0.2) is 29.4 Å². The normalized spacial score (nSPS) is 15.3. The lowest BCUT2D eigenvalue weighted by atomic mass is 9.82. The lowest BCUT2D eigenvalue weighted by Crippen LogP contribution is -2.21. The predicted molar refractivity (Wildman–Crippen MR) is 80.0 cm³/mol. The molecule has 1 aliphatic heterocycles. The highest BCUT2D eigenvalue weighted by atomic mass is 16.3. The van der Waals surface area contributed by atoms with E-state index in [0.29, 0.717) is 5.75 Å². The van der Waals surface area contributed by atoms with Crippen molar-refractivity contribution in [1.29, 1.82) is 0 Å². The van der Waals surface area contributed by atoms with E-state index >= 15 is 0 Å². The molecule has 0 radical (unpaired) electrons. The van der Waals surface area contributed by atoms with Crippen LogP contribution < -0.4 is 0 Å². The highest BCUT2D eigenvalue weighted by Crippen LogP contribution is 2.36. The Balaban J connectivity index is 2.40. The topological polar surface area (TPSA) is 35.8 Å². The van der Waals surface area contributed by atoms with Crippen LogP contribution in [0.4, 0.5) is 0 Å². The van der Waals surface area contributed by atoms with Crippen LogP contribution in [0, 0.1) is 13.8 Å². The molecule has 1 aliphatic rings. The SMILES string of the molecule is Cc1cc(C(C)(C)C)c(O)c(C)c1CN1C=NCC1. The molecule has 0 saturated heterocycles. The van der Waals surface area contributed by atoms with Crippen LogP contribution in [0.5, 0.6) is 5.75 Å². The zero-order chi connectivity index (χ0) is 14.2. The summed E-state index contributed by atoms with van der Waals surface area (Å²) in [5.74, 6) is 0.448. The average molecular weight is 260 g/mol. The van der Waals surface area contributed by atoms with Crippen LogP contribution >= 0.6 is 0 Å². The van der Waals surface area contributed by atoms with Crippen molar-refractivity contribution in [3.63, 3.8) is 0 Å². The van der Waals surface area contributed by atoms with Gasteiger partial charge < -0.3 is 10.0 Å². The zero-order valence-electron chi connectivity index (χ0n) is 12.6. The number of hydrogen-bond acceptors (Lipinski definition) is 3. The van der Waals surface area contributed by atoms with Gasteiger partial charge in [0.2, 0.25) is 0 Å². The van der Waals surface area contributed by atoms with E-state index in [-0.39, 0.29) is 5.41 Å². The molecule has 0 saturated carbocycles. The van der Waals surface area contributed by atoms with Gasteiger partial charge in [-0.3, -0.25) is 4.99 Å². The zero-order valence-corrected chi connectivity index (χ0v) is 12.6. The fourth-order valence-corrected chi connectivity index (χ4v) is 2.57. The van der Waals surface area contributed by atoms with Gasteiger partial charge in [-0.15, -0.1) is 0 Å². The fraction of sp³-hybridized carbons (Fsp3) is 0.562. The Labute approximate surface area is 116 Å². The molecular formula is C16H24N2O. The molecule has 1 N–H and O–H groups in total. The lowest BCUT2D eigenvalue weighted by Gasteiger charge is -2.25. The summed E-state index contributed by atoms with van der Waals surface area (Å²) in [6.45, 7) is 13.2. The molecule has 0 aromatic heterocycles. The molecule has 0 aliphatic carbocycles. The van der Waals surface area contributed by atoms with Crippen molar-refractivity contribution in [2.24, 2.45) is 4.99 Å². The van der Waals surface area contributed by atoms with E-state index in [1.807, 2.05) is 13.3 Å². The number of aryl methyl sites for hydroxylation is 1. The van der Waals surface area contributed by atoms with Gasteiger partial charge in [-0.05, 0) is 41.5 Å². The first-order valence-corrected chi connectivity index (χ1v) is 6.87. The quantitative estimate of drug-likeness (QED) is 0.886. The second-order valence-electron chi connectivity index (χ2n) is 6.44. The predicted octanol–water partition coefficient (Wildman–Crippen LogP) is 3.15. The Bertz CT molecular complexity index is 512. The van der Waals surface area contributed by atoms with E-state index in [2.05, 4.69) is 43.7 Å². The van der Waals surface area contributed by atoms with E-state index in [4.69, 9.17) is 0 Å². The van der Waals surface area contributed by atoms with Gasteiger partial charge in [0.05, 0.1) is 12.9 Å². The molecule has 3 nitrogen and oxygen atoms in total. The van der Waals surface area contributed by atoms with E-state index in [1.165, 1.54) is 11.1 Å². The van der Waals surface area contributed by atoms with Crippen LogP contribution in [0.25, 0.3) is 0 Å². The Kier molecular flexibility index (Phi) is 3.57. The molecule has 0 atom stereocenters. The molecule has 0 fully saturated rings. The van der Waals surface area contributed by atoms with Crippen LogP contribution in [0.1, 0.15) is 43.0 Å². The third-order valence-corrected chi connectivity index (χ3v) is 3.83. The molecule has 1 aromatic carbocycles. The summed E-state index contributed by atoms with van der Waals surface area (Å²) in [7, 11) is 0. The first kappa shape index (κ1) is 13.9. The number of phenolic OH excluding ortho intramolecular Hbond substituents is 1. The summed E-state index contributed by atoms with van der Waals surface area (Å²) < 4.78 is 0. The van der Waals surface area contributed by atoms with E-state index < -0.39 is 0 Å². The van der Waals surface area contributed by atoms with Crippen molar-refractivity contribution in [3.8, 4) is 5.75 Å². The fourth-order valence-electron chi connectivity index (χ4n) is 2.57. The summed E-state index contributed by atoms with van der Waals surface area (Å²) in [6, 6.07) is 2.13. The molecule has 2 rings (SSSR count). The van der Waals surface area contributed by atoms with Crippen LogP contribution in [0.2, 0.25) is 0 Å². The van der Waals surface area contributed by atoms with Crippen molar-refractivity contribution in [1.82, 2.24) is 4.90 Å². The van der Waals surface area contributed by atoms with Gasteiger partial charge in [-0.2, -0.15) is 0 Å². The minimum Gasteiger partial charge on any atom is -0.507 e. The van der Waals surface area contributed by atoms with Gasteiger partial charge in [0.1, 0.15) is 5.75 Å². The Morgan fingerprint density at radius 3 is 2.53 bits per heavy atom. The summed E-state index contributed by atoms with van der Waals surface area (Å²) in [5, 5.41) is 10.5. The number of benzene rings is 1. The van der Waals surface area contributed by atoms with Gasteiger partial charge in [-0.25, -0.2) is 0 Å². The van der Waals surface area contributed by atoms with Crippen molar-refractivity contribution < 1.29 is 5.11 Å². The average Bonchev–Trinajstić information content (AvgIpc) is 2.80. The molecule has 0 bridgehead atoms. The Hall–Kier alpha value is -1.51. The second-order valence-corrected chi connectivity index (χ2v) is 6.44. The minimum atomic E-state index is -0.0345. The first-order chi connectivity index (χ1) is 8.80. The van der Waals surface area contributed by atoms with Gasteiger partial charge in [0.25, 0.3) is 0 Å². The first-order valence-electron chi connectivity index (χ1n) is 6.87. The number of phenols is 1. The molecule has 104 valence electrons. The van der Waals surface area contributed by atoms with Crippen molar-refractivity contribution >= 4 is 6.34 Å². The number of aromatic hydroxyl groups is 1. The van der Waals surface area contributed by atoms with Crippen LogP contribution in [0.3, 0.4) is 0 Å². The lowest BCUT2D eigenvalue weighted by molar-refractivity contribution is 0.432. The molecule has 0 amide bonds. The third kappa shape index (κ3) is 2.75. The maximum Gasteiger partial charge on any atom is 0.122 e. The summed E-state index contributed by atoms with van der Waals surface area (Å²) in [6.07, 6.45) is 1.91. The number of aliphatic imine (C=N–C) groups is 1. The monoisotopic (exact) mass is 260 g/mol. The molecule has 1 aromatic rings. The van der Waals surface area contributed by atoms with Gasteiger partial charge in [-0.1, -0.05) is 26.8 Å².